The van der Waals surface area contributed by atoms with Gasteiger partial charge < -0.3 is 29.9 Å². The van der Waals surface area contributed by atoms with Gasteiger partial charge in [-0.1, -0.05) is 13.2 Å². The Hall–Kier alpha value is -1.74. The first kappa shape index (κ1) is 18.3. The summed E-state index contributed by atoms with van der Waals surface area (Å²) in [6.45, 7) is 9.43. The van der Waals surface area contributed by atoms with Crippen LogP contribution in [0.1, 0.15) is 13.8 Å². The van der Waals surface area contributed by atoms with Gasteiger partial charge >= 0.3 is 11.9 Å². The van der Waals surface area contributed by atoms with Gasteiger partial charge in [-0.05, 0) is 13.8 Å². The molecule has 1 aliphatic carbocycles. The molecule has 8 nitrogen and oxygen atoms in total. The van der Waals surface area contributed by atoms with Gasteiger partial charge in [0, 0.05) is 11.1 Å². The monoisotopic (exact) mass is 316 g/mol. The minimum atomic E-state index is -1.78. The summed E-state index contributed by atoms with van der Waals surface area (Å²) in [6.07, 6.45) is -10.2. The van der Waals surface area contributed by atoms with Crippen molar-refractivity contribution in [2.24, 2.45) is 0 Å². The van der Waals surface area contributed by atoms with E-state index in [9.17, 15) is 30.0 Å². The number of rotatable bonds is 4. The molecule has 124 valence electrons. The van der Waals surface area contributed by atoms with Crippen LogP contribution in [0.25, 0.3) is 0 Å². The van der Waals surface area contributed by atoms with E-state index in [-0.39, 0.29) is 11.1 Å². The van der Waals surface area contributed by atoms with Gasteiger partial charge in [0.15, 0.2) is 12.2 Å². The minimum absolute atomic E-state index is 0.00674. The van der Waals surface area contributed by atoms with E-state index in [0.29, 0.717) is 0 Å². The third-order valence-electron chi connectivity index (χ3n) is 3.23. The van der Waals surface area contributed by atoms with Crippen LogP contribution in [-0.4, -0.2) is 69.0 Å². The average Bonchev–Trinajstić information content (AvgIpc) is 2.45. The van der Waals surface area contributed by atoms with Crippen LogP contribution >= 0.6 is 0 Å². The maximum Gasteiger partial charge on any atom is 0.333 e. The predicted molar refractivity (Wildman–Crippen MR) is 73.4 cm³/mol. The number of aliphatic hydroxyl groups excluding tert-OH is 4. The van der Waals surface area contributed by atoms with Gasteiger partial charge in [0.25, 0.3) is 0 Å². The van der Waals surface area contributed by atoms with Crippen LogP contribution in [0.4, 0.5) is 0 Å². The number of carbonyl (C=O) groups is 2. The molecule has 1 aliphatic rings. The van der Waals surface area contributed by atoms with Gasteiger partial charge in [-0.15, -0.1) is 0 Å². The van der Waals surface area contributed by atoms with Crippen molar-refractivity contribution in [2.75, 3.05) is 0 Å². The third kappa shape index (κ3) is 3.72. The van der Waals surface area contributed by atoms with E-state index in [1.807, 2.05) is 0 Å². The Morgan fingerprint density at radius 1 is 0.727 bits per heavy atom. The van der Waals surface area contributed by atoms with Crippen LogP contribution in [0.5, 0.6) is 0 Å². The van der Waals surface area contributed by atoms with E-state index >= 15 is 0 Å². The second kappa shape index (κ2) is 7.01. The standard InChI is InChI=1S/C14H20O8/c1-5(2)13(19)21-11-9(17)7(15)8(16)10(18)12(11)22-14(20)6(3)4/h7-12,15-18H,1,3H2,2,4H3/t7-,8-,9-,10+,11-,12-/m0/s1. The zero-order valence-corrected chi connectivity index (χ0v) is 12.3. The van der Waals surface area contributed by atoms with Gasteiger partial charge in [-0.3, -0.25) is 0 Å². The molecule has 6 atom stereocenters. The Morgan fingerprint density at radius 2 is 1.00 bits per heavy atom. The summed E-state index contributed by atoms with van der Waals surface area (Å²) >= 11 is 0. The molecule has 0 saturated heterocycles. The predicted octanol–water partition coefficient (Wildman–Crippen LogP) is -1.58. The normalized spacial score (nSPS) is 34.6. The molecular weight excluding hydrogens is 296 g/mol. The van der Waals surface area contributed by atoms with Gasteiger partial charge in [0.1, 0.15) is 24.4 Å². The Morgan fingerprint density at radius 3 is 1.23 bits per heavy atom. The summed E-state index contributed by atoms with van der Waals surface area (Å²) < 4.78 is 9.84. The molecule has 0 aromatic carbocycles. The molecule has 0 aromatic heterocycles. The molecular formula is C14H20O8. The van der Waals surface area contributed by atoms with E-state index in [1.54, 1.807) is 0 Å². The van der Waals surface area contributed by atoms with Crippen molar-refractivity contribution in [1.82, 2.24) is 0 Å². The molecule has 0 heterocycles. The molecule has 0 aromatic rings. The van der Waals surface area contributed by atoms with Gasteiger partial charge in [0.05, 0.1) is 0 Å². The highest BCUT2D eigenvalue weighted by Crippen LogP contribution is 2.27. The van der Waals surface area contributed by atoms with Crippen LogP contribution in [0.2, 0.25) is 0 Å². The maximum atomic E-state index is 11.6. The van der Waals surface area contributed by atoms with Crippen LogP contribution in [0.15, 0.2) is 24.3 Å². The number of hydrogen-bond donors (Lipinski definition) is 4. The van der Waals surface area contributed by atoms with Crippen molar-refractivity contribution in [3.8, 4) is 0 Å². The zero-order chi connectivity index (χ0) is 17.2. The first-order chi connectivity index (χ1) is 10.1. The van der Waals surface area contributed by atoms with Crippen molar-refractivity contribution < 1.29 is 39.5 Å². The molecule has 1 rings (SSSR count). The van der Waals surface area contributed by atoms with Crippen LogP contribution in [0, 0.1) is 0 Å². The molecule has 8 heteroatoms. The van der Waals surface area contributed by atoms with E-state index in [2.05, 4.69) is 13.2 Å². The Kier molecular flexibility index (Phi) is 5.84. The number of aliphatic hydroxyl groups is 4. The summed E-state index contributed by atoms with van der Waals surface area (Å²) in [5.74, 6) is -1.81. The van der Waals surface area contributed by atoms with Gasteiger partial charge in [-0.25, -0.2) is 9.59 Å². The fraction of sp³-hybridized carbons (Fsp3) is 0.571. The molecule has 4 N–H and O–H groups in total. The van der Waals surface area contributed by atoms with Crippen molar-refractivity contribution in [1.29, 1.82) is 0 Å². The van der Waals surface area contributed by atoms with Crippen molar-refractivity contribution in [3.05, 3.63) is 24.3 Å². The molecule has 0 amide bonds. The number of ether oxygens (including phenoxy) is 2. The van der Waals surface area contributed by atoms with Crippen LogP contribution in [0.3, 0.4) is 0 Å². The molecule has 22 heavy (non-hydrogen) atoms. The molecule has 0 bridgehead atoms. The topological polar surface area (TPSA) is 134 Å². The lowest BCUT2D eigenvalue weighted by molar-refractivity contribution is -0.239. The van der Waals surface area contributed by atoms with Gasteiger partial charge in [-0.2, -0.15) is 0 Å². The first-order valence-electron chi connectivity index (χ1n) is 6.53. The second-order valence-corrected chi connectivity index (χ2v) is 5.26. The first-order valence-corrected chi connectivity index (χ1v) is 6.53. The van der Waals surface area contributed by atoms with Crippen LogP contribution in [-0.2, 0) is 19.1 Å². The third-order valence-corrected chi connectivity index (χ3v) is 3.23. The van der Waals surface area contributed by atoms with Gasteiger partial charge in [0.2, 0.25) is 0 Å². The lowest BCUT2D eigenvalue weighted by Gasteiger charge is -2.42. The Labute approximate surface area is 127 Å². The Bertz CT molecular complexity index is 441. The summed E-state index contributed by atoms with van der Waals surface area (Å²) in [5.41, 5.74) is 0.0135. The lowest BCUT2D eigenvalue weighted by atomic mass is 9.84. The van der Waals surface area contributed by atoms with E-state index in [1.165, 1.54) is 13.8 Å². The smallest absolute Gasteiger partial charge is 0.333 e. The van der Waals surface area contributed by atoms with Crippen molar-refractivity contribution in [2.45, 2.75) is 50.5 Å². The second-order valence-electron chi connectivity index (χ2n) is 5.26. The highest BCUT2D eigenvalue weighted by Gasteiger charge is 2.52. The molecule has 0 radical (unpaired) electrons. The fourth-order valence-electron chi connectivity index (χ4n) is 1.90. The number of carbonyl (C=O) groups excluding carboxylic acids is 2. The molecule has 1 saturated carbocycles. The highest BCUT2D eigenvalue weighted by molar-refractivity contribution is 5.88. The zero-order valence-electron chi connectivity index (χ0n) is 12.3. The quantitative estimate of drug-likeness (QED) is 0.361. The van der Waals surface area contributed by atoms with Crippen molar-refractivity contribution in [3.63, 3.8) is 0 Å². The Balaban J connectivity index is 3.06. The van der Waals surface area contributed by atoms with E-state index < -0.39 is 48.6 Å². The lowest BCUT2D eigenvalue weighted by Crippen LogP contribution is -2.65. The van der Waals surface area contributed by atoms with Crippen LogP contribution < -0.4 is 0 Å². The molecule has 0 unspecified atom stereocenters. The van der Waals surface area contributed by atoms with E-state index in [4.69, 9.17) is 9.47 Å². The molecule has 0 spiro atoms. The van der Waals surface area contributed by atoms with Crippen molar-refractivity contribution >= 4 is 11.9 Å². The molecule has 1 fully saturated rings. The maximum absolute atomic E-state index is 11.6. The number of esters is 2. The largest absolute Gasteiger partial charge is 0.452 e. The summed E-state index contributed by atoms with van der Waals surface area (Å²) in [4.78, 5) is 23.2. The minimum Gasteiger partial charge on any atom is -0.452 e. The SMILES string of the molecule is C=C(C)C(=O)O[C@H]1[C@H](O)[C@@H](O)[C@H](O)[C@H](O)[C@@H]1OC(=O)C(=C)C. The highest BCUT2D eigenvalue weighted by atomic mass is 16.6. The fourth-order valence-corrected chi connectivity index (χ4v) is 1.90. The summed E-state index contributed by atoms with van der Waals surface area (Å²) in [7, 11) is 0. The van der Waals surface area contributed by atoms with E-state index in [0.717, 1.165) is 0 Å². The number of hydrogen-bond acceptors (Lipinski definition) is 8. The average molecular weight is 316 g/mol. The summed E-state index contributed by atoms with van der Waals surface area (Å²) in [5, 5.41) is 39.2. The summed E-state index contributed by atoms with van der Waals surface area (Å²) in [6, 6.07) is 0. The molecule has 0 aliphatic heterocycles.